The molecule has 3 amide bonds. The van der Waals surface area contributed by atoms with Crippen molar-refractivity contribution in [2.75, 3.05) is 25.1 Å². The number of benzene rings is 1. The number of rotatable bonds is 3. The van der Waals surface area contributed by atoms with Gasteiger partial charge in [0.2, 0.25) is 11.8 Å². The highest BCUT2D eigenvalue weighted by Gasteiger charge is 2.37. The predicted octanol–water partition coefficient (Wildman–Crippen LogP) is 3.58. The van der Waals surface area contributed by atoms with E-state index in [-0.39, 0.29) is 30.0 Å². The standard InChI is InChI=1S/C25H35N3O5/c1-25(2,3)33-24(31)27(4)17-10-8-16(9-11-17)18-6-5-7-19-22(18)32-15-14-28(19)20-12-13-21(29)26-23(20)30/h5-7,16-17,20H,8-15H2,1-4H3,(H,26,29,30)/t16?,17?,20-/m1/s1. The number of anilines is 1. The van der Waals surface area contributed by atoms with Gasteiger partial charge in [0.15, 0.2) is 0 Å². The molecule has 0 aromatic heterocycles. The maximum atomic E-state index is 12.5. The number of nitrogens with one attached hydrogen (secondary N) is 1. The van der Waals surface area contributed by atoms with Gasteiger partial charge in [-0.3, -0.25) is 14.9 Å². The van der Waals surface area contributed by atoms with E-state index in [4.69, 9.17) is 9.47 Å². The maximum Gasteiger partial charge on any atom is 0.410 e. The van der Waals surface area contributed by atoms with Crippen molar-refractivity contribution in [2.45, 2.75) is 82.9 Å². The van der Waals surface area contributed by atoms with Gasteiger partial charge in [0.05, 0.1) is 12.2 Å². The molecule has 2 aliphatic heterocycles. The largest absolute Gasteiger partial charge is 0.489 e. The number of piperidine rings is 1. The Morgan fingerprint density at radius 1 is 1.15 bits per heavy atom. The zero-order chi connectivity index (χ0) is 23.8. The van der Waals surface area contributed by atoms with Crippen LogP contribution in [0.2, 0.25) is 0 Å². The summed E-state index contributed by atoms with van der Waals surface area (Å²) in [6, 6.07) is 5.97. The van der Waals surface area contributed by atoms with Gasteiger partial charge in [-0.15, -0.1) is 0 Å². The van der Waals surface area contributed by atoms with Crippen molar-refractivity contribution in [1.29, 1.82) is 0 Å². The molecule has 0 spiro atoms. The van der Waals surface area contributed by atoms with Crippen molar-refractivity contribution in [3.63, 3.8) is 0 Å². The van der Waals surface area contributed by atoms with Crippen molar-refractivity contribution < 1.29 is 23.9 Å². The molecule has 1 saturated carbocycles. The molecule has 2 fully saturated rings. The topological polar surface area (TPSA) is 88.2 Å². The van der Waals surface area contributed by atoms with Crippen molar-refractivity contribution in [2.24, 2.45) is 0 Å². The summed E-state index contributed by atoms with van der Waals surface area (Å²) < 4.78 is 11.7. The summed E-state index contributed by atoms with van der Waals surface area (Å²) in [5, 5.41) is 2.47. The molecule has 0 unspecified atom stereocenters. The zero-order valence-electron chi connectivity index (χ0n) is 20.1. The second-order valence-corrected chi connectivity index (χ2v) is 10.3. The molecule has 8 nitrogen and oxygen atoms in total. The molecule has 0 bridgehead atoms. The lowest BCUT2D eigenvalue weighted by molar-refractivity contribution is -0.134. The summed E-state index contributed by atoms with van der Waals surface area (Å²) >= 11 is 0. The minimum Gasteiger partial charge on any atom is -0.489 e. The Morgan fingerprint density at radius 3 is 2.55 bits per heavy atom. The van der Waals surface area contributed by atoms with E-state index in [2.05, 4.69) is 16.3 Å². The molecule has 4 rings (SSSR count). The fraction of sp³-hybridized carbons (Fsp3) is 0.640. The summed E-state index contributed by atoms with van der Waals surface area (Å²) in [6.07, 6.45) is 4.33. The van der Waals surface area contributed by atoms with Crippen LogP contribution in [0.15, 0.2) is 18.2 Å². The lowest BCUT2D eigenvalue weighted by Gasteiger charge is -2.40. The fourth-order valence-electron chi connectivity index (χ4n) is 5.17. The third-order valence-corrected chi connectivity index (χ3v) is 6.86. The van der Waals surface area contributed by atoms with Crippen molar-refractivity contribution in [1.82, 2.24) is 10.2 Å². The Labute approximate surface area is 195 Å². The number of fused-ring (bicyclic) bond motifs is 1. The Balaban J connectivity index is 1.46. The van der Waals surface area contributed by atoms with Crippen LogP contribution in [0.5, 0.6) is 5.75 Å². The fourth-order valence-corrected chi connectivity index (χ4v) is 5.17. The van der Waals surface area contributed by atoms with E-state index in [1.165, 1.54) is 5.56 Å². The number of para-hydroxylation sites is 1. The number of hydrogen-bond acceptors (Lipinski definition) is 6. The second-order valence-electron chi connectivity index (χ2n) is 10.3. The van der Waals surface area contributed by atoms with Gasteiger partial charge in [-0.25, -0.2) is 4.79 Å². The highest BCUT2D eigenvalue weighted by molar-refractivity contribution is 6.02. The van der Waals surface area contributed by atoms with Gasteiger partial charge in [0.25, 0.3) is 0 Å². The minimum atomic E-state index is -0.503. The number of carbonyl (C=O) groups is 3. The van der Waals surface area contributed by atoms with Gasteiger partial charge in [-0.05, 0) is 70.4 Å². The normalized spacial score (nSPS) is 25.6. The number of carbonyl (C=O) groups excluding carboxylic acids is 3. The predicted molar refractivity (Wildman–Crippen MR) is 124 cm³/mol. The van der Waals surface area contributed by atoms with Gasteiger partial charge in [-0.1, -0.05) is 12.1 Å². The Morgan fingerprint density at radius 2 is 1.88 bits per heavy atom. The Hall–Kier alpha value is -2.77. The maximum absolute atomic E-state index is 12.5. The number of ether oxygens (including phenoxy) is 2. The second kappa shape index (κ2) is 9.23. The highest BCUT2D eigenvalue weighted by atomic mass is 16.6. The van der Waals surface area contributed by atoms with E-state index in [1.807, 2.05) is 40.0 Å². The minimum absolute atomic E-state index is 0.163. The first-order valence-corrected chi connectivity index (χ1v) is 12.0. The summed E-state index contributed by atoms with van der Waals surface area (Å²) in [5.41, 5.74) is 1.60. The van der Waals surface area contributed by atoms with Crippen molar-refractivity contribution in [3.05, 3.63) is 23.8 Å². The molecule has 0 radical (unpaired) electrons. The average molecular weight is 458 g/mol. The van der Waals surface area contributed by atoms with Crippen LogP contribution in [0.3, 0.4) is 0 Å². The van der Waals surface area contributed by atoms with E-state index < -0.39 is 5.60 Å². The van der Waals surface area contributed by atoms with Gasteiger partial charge in [0.1, 0.15) is 24.0 Å². The van der Waals surface area contributed by atoms with Crippen LogP contribution < -0.4 is 15.0 Å². The van der Waals surface area contributed by atoms with Crippen LogP contribution in [-0.2, 0) is 14.3 Å². The summed E-state index contributed by atoms with van der Waals surface area (Å²) in [6.45, 7) is 6.78. The molecule has 1 atom stereocenters. The smallest absolute Gasteiger partial charge is 0.410 e. The van der Waals surface area contributed by atoms with Gasteiger partial charge in [0, 0.05) is 19.5 Å². The molecule has 1 aromatic carbocycles. The van der Waals surface area contributed by atoms with E-state index in [9.17, 15) is 14.4 Å². The highest BCUT2D eigenvalue weighted by Crippen LogP contribution is 2.44. The number of amides is 3. The molecular weight excluding hydrogens is 422 g/mol. The summed E-state index contributed by atoms with van der Waals surface area (Å²) in [5.74, 6) is 0.768. The first-order chi connectivity index (χ1) is 15.6. The monoisotopic (exact) mass is 457 g/mol. The number of hydrogen-bond donors (Lipinski definition) is 1. The van der Waals surface area contributed by atoms with E-state index in [1.54, 1.807) is 4.90 Å². The molecule has 3 aliphatic rings. The van der Waals surface area contributed by atoms with Gasteiger partial charge >= 0.3 is 6.09 Å². The van der Waals surface area contributed by atoms with E-state index >= 15 is 0 Å². The Bertz CT molecular complexity index is 917. The summed E-state index contributed by atoms with van der Waals surface area (Å²) in [4.78, 5) is 40.4. The van der Waals surface area contributed by atoms with Gasteiger partial charge in [-0.2, -0.15) is 0 Å². The lowest BCUT2D eigenvalue weighted by Crippen LogP contribution is -2.54. The summed E-state index contributed by atoms with van der Waals surface area (Å²) in [7, 11) is 1.82. The molecule has 1 aliphatic carbocycles. The Kier molecular flexibility index (Phi) is 6.54. The van der Waals surface area contributed by atoms with E-state index in [0.717, 1.165) is 37.1 Å². The lowest BCUT2D eigenvalue weighted by atomic mass is 9.80. The molecule has 8 heteroatoms. The van der Waals surface area contributed by atoms with Crippen LogP contribution in [0, 0.1) is 0 Å². The van der Waals surface area contributed by atoms with Crippen molar-refractivity contribution >= 4 is 23.6 Å². The van der Waals surface area contributed by atoms with Crippen LogP contribution in [0.1, 0.15) is 70.8 Å². The molecule has 1 N–H and O–H groups in total. The van der Waals surface area contributed by atoms with Crippen LogP contribution in [0.4, 0.5) is 10.5 Å². The van der Waals surface area contributed by atoms with Gasteiger partial charge < -0.3 is 19.3 Å². The number of imide groups is 1. The van der Waals surface area contributed by atoms with Crippen LogP contribution in [-0.4, -0.2) is 60.7 Å². The van der Waals surface area contributed by atoms with Crippen LogP contribution in [0.25, 0.3) is 0 Å². The first kappa shape index (κ1) is 23.4. The van der Waals surface area contributed by atoms with Crippen LogP contribution >= 0.6 is 0 Å². The number of nitrogens with zero attached hydrogens (tertiary/aromatic N) is 2. The third kappa shape index (κ3) is 5.09. The molecule has 2 heterocycles. The molecule has 33 heavy (non-hydrogen) atoms. The zero-order valence-corrected chi connectivity index (χ0v) is 20.1. The SMILES string of the molecule is CN(C(=O)OC(C)(C)C)C1CCC(c2cccc3c2OCCN3[C@@H]2CCC(=O)NC2=O)CC1. The quantitative estimate of drug-likeness (QED) is 0.698. The first-order valence-electron chi connectivity index (χ1n) is 12.0. The molecular formula is C25H35N3O5. The average Bonchev–Trinajstić information content (AvgIpc) is 2.77. The third-order valence-electron chi connectivity index (χ3n) is 6.86. The van der Waals surface area contributed by atoms with E-state index in [0.29, 0.717) is 31.9 Å². The molecule has 180 valence electrons. The van der Waals surface area contributed by atoms with Crippen molar-refractivity contribution in [3.8, 4) is 5.75 Å². The molecule has 1 saturated heterocycles. The molecule has 1 aromatic rings.